The molecule has 20 heavy (non-hydrogen) atoms. The summed E-state index contributed by atoms with van der Waals surface area (Å²) in [6, 6.07) is 0.141. The van der Waals surface area contributed by atoms with Gasteiger partial charge in [-0.15, -0.1) is 0 Å². The van der Waals surface area contributed by atoms with Gasteiger partial charge in [0.1, 0.15) is 0 Å². The molecular weight excluding hydrogens is 256 g/mol. The van der Waals surface area contributed by atoms with Crippen LogP contribution in [0.3, 0.4) is 0 Å². The van der Waals surface area contributed by atoms with Gasteiger partial charge in [0.15, 0.2) is 0 Å². The van der Waals surface area contributed by atoms with Crippen LogP contribution in [-0.2, 0) is 9.59 Å². The average molecular weight is 284 g/mol. The highest BCUT2D eigenvalue weighted by Gasteiger charge is 2.23. The summed E-state index contributed by atoms with van der Waals surface area (Å²) >= 11 is 0. The average Bonchev–Trinajstić information content (AvgIpc) is 2.38. The Morgan fingerprint density at radius 3 is 2.30 bits per heavy atom. The van der Waals surface area contributed by atoms with Crippen LogP contribution in [-0.4, -0.2) is 35.6 Å². The summed E-state index contributed by atoms with van der Waals surface area (Å²) in [5.41, 5.74) is -0.213. The Balaban J connectivity index is 2.23. The molecule has 1 fully saturated rings. The first-order valence-corrected chi connectivity index (χ1v) is 7.57. The molecule has 5 nitrogen and oxygen atoms in total. The summed E-state index contributed by atoms with van der Waals surface area (Å²) in [6.45, 7) is 6.13. The van der Waals surface area contributed by atoms with Crippen molar-refractivity contribution in [2.75, 3.05) is 6.54 Å². The number of rotatable bonds is 4. The van der Waals surface area contributed by atoms with Crippen LogP contribution in [0.25, 0.3) is 0 Å². The molecule has 1 aliphatic carbocycles. The Hall–Kier alpha value is -1.10. The molecule has 0 bridgehead atoms. The fraction of sp³-hybridized carbons (Fsp3) is 0.867. The van der Waals surface area contributed by atoms with E-state index >= 15 is 0 Å². The van der Waals surface area contributed by atoms with Gasteiger partial charge in [0, 0.05) is 12.6 Å². The third kappa shape index (κ3) is 5.90. The van der Waals surface area contributed by atoms with Gasteiger partial charge in [-0.05, 0) is 24.7 Å². The normalized spacial score (nSPS) is 18.4. The third-order valence-electron chi connectivity index (χ3n) is 3.85. The molecule has 0 spiro atoms. The van der Waals surface area contributed by atoms with Crippen molar-refractivity contribution >= 4 is 11.8 Å². The van der Waals surface area contributed by atoms with E-state index < -0.39 is 17.9 Å². The Morgan fingerprint density at radius 2 is 1.75 bits per heavy atom. The topological polar surface area (TPSA) is 78.4 Å². The van der Waals surface area contributed by atoms with E-state index in [1.807, 2.05) is 20.8 Å². The molecule has 0 aliphatic heterocycles. The molecule has 0 aromatic rings. The highest BCUT2D eigenvalue weighted by molar-refractivity contribution is 6.35. The quantitative estimate of drug-likeness (QED) is 0.682. The zero-order valence-corrected chi connectivity index (χ0v) is 12.9. The Morgan fingerprint density at radius 1 is 1.15 bits per heavy atom. The lowest BCUT2D eigenvalue weighted by atomic mass is 9.87. The molecular formula is C15H28N2O3. The number of nitrogens with one attached hydrogen (secondary N) is 2. The van der Waals surface area contributed by atoms with Gasteiger partial charge < -0.3 is 15.7 Å². The zero-order valence-electron chi connectivity index (χ0n) is 12.9. The first kappa shape index (κ1) is 17.0. The molecule has 1 atom stereocenters. The predicted octanol–water partition coefficient (Wildman–Crippen LogP) is 1.35. The fourth-order valence-electron chi connectivity index (χ4n) is 2.33. The summed E-state index contributed by atoms with van der Waals surface area (Å²) in [4.78, 5) is 23.3. The van der Waals surface area contributed by atoms with E-state index in [0.29, 0.717) is 13.0 Å². The molecule has 1 rings (SSSR count). The van der Waals surface area contributed by atoms with Gasteiger partial charge >= 0.3 is 11.8 Å². The monoisotopic (exact) mass is 284 g/mol. The number of hydrogen-bond acceptors (Lipinski definition) is 3. The van der Waals surface area contributed by atoms with Crippen LogP contribution < -0.4 is 10.6 Å². The number of aliphatic hydroxyl groups is 1. The second kappa shape index (κ2) is 7.62. The number of carbonyl (C=O) groups excluding carboxylic acids is 2. The van der Waals surface area contributed by atoms with Gasteiger partial charge in [0.25, 0.3) is 0 Å². The molecule has 0 radical (unpaired) electrons. The molecule has 1 aliphatic rings. The predicted molar refractivity (Wildman–Crippen MR) is 78.1 cm³/mol. The van der Waals surface area contributed by atoms with Gasteiger partial charge in [0.05, 0.1) is 6.10 Å². The van der Waals surface area contributed by atoms with Crippen LogP contribution in [0.2, 0.25) is 0 Å². The maximum absolute atomic E-state index is 11.7. The molecule has 5 heteroatoms. The van der Waals surface area contributed by atoms with E-state index in [-0.39, 0.29) is 11.5 Å². The zero-order chi connectivity index (χ0) is 15.2. The van der Waals surface area contributed by atoms with E-state index in [9.17, 15) is 14.7 Å². The minimum absolute atomic E-state index is 0.141. The molecule has 116 valence electrons. The number of hydrogen-bond donors (Lipinski definition) is 3. The second-order valence-corrected chi connectivity index (χ2v) is 6.73. The Bertz CT molecular complexity index is 331. The van der Waals surface area contributed by atoms with Crippen molar-refractivity contribution in [1.82, 2.24) is 10.6 Å². The van der Waals surface area contributed by atoms with E-state index in [0.717, 1.165) is 25.7 Å². The summed E-state index contributed by atoms with van der Waals surface area (Å²) in [6.07, 6.45) is 5.32. The number of carbonyl (C=O) groups is 2. The van der Waals surface area contributed by atoms with Crippen LogP contribution in [0, 0.1) is 5.41 Å². The van der Waals surface area contributed by atoms with Gasteiger partial charge in [0.2, 0.25) is 0 Å². The largest absolute Gasteiger partial charge is 0.393 e. The lowest BCUT2D eigenvalue weighted by Gasteiger charge is -2.26. The SMILES string of the molecule is CC(C)(C)C(O)CCNC(=O)C(=O)NC1CCCCC1. The summed E-state index contributed by atoms with van der Waals surface area (Å²) in [5, 5.41) is 15.2. The van der Waals surface area contributed by atoms with Crippen LogP contribution in [0.1, 0.15) is 59.3 Å². The van der Waals surface area contributed by atoms with E-state index in [1.54, 1.807) is 0 Å². The maximum atomic E-state index is 11.7. The van der Waals surface area contributed by atoms with Crippen molar-refractivity contribution < 1.29 is 14.7 Å². The van der Waals surface area contributed by atoms with Crippen LogP contribution in [0.15, 0.2) is 0 Å². The Kier molecular flexibility index (Phi) is 6.46. The summed E-state index contributed by atoms with van der Waals surface area (Å²) in [5.74, 6) is -1.15. The molecule has 1 saturated carbocycles. The maximum Gasteiger partial charge on any atom is 0.309 e. The molecule has 0 aromatic carbocycles. The summed E-state index contributed by atoms with van der Waals surface area (Å²) in [7, 11) is 0. The fourth-order valence-corrected chi connectivity index (χ4v) is 2.33. The van der Waals surface area contributed by atoms with Crippen LogP contribution in [0.4, 0.5) is 0 Å². The van der Waals surface area contributed by atoms with E-state index in [4.69, 9.17) is 0 Å². The van der Waals surface area contributed by atoms with Gasteiger partial charge in [-0.25, -0.2) is 0 Å². The summed E-state index contributed by atoms with van der Waals surface area (Å²) < 4.78 is 0. The smallest absolute Gasteiger partial charge is 0.309 e. The first-order valence-electron chi connectivity index (χ1n) is 7.57. The molecule has 3 N–H and O–H groups in total. The lowest BCUT2D eigenvalue weighted by molar-refractivity contribution is -0.139. The molecule has 0 aromatic heterocycles. The van der Waals surface area contributed by atoms with Crippen LogP contribution in [0.5, 0.6) is 0 Å². The van der Waals surface area contributed by atoms with E-state index in [2.05, 4.69) is 10.6 Å². The third-order valence-corrected chi connectivity index (χ3v) is 3.85. The molecule has 1 unspecified atom stereocenters. The lowest BCUT2D eigenvalue weighted by Crippen LogP contribution is -2.46. The minimum atomic E-state index is -0.600. The molecule has 0 saturated heterocycles. The van der Waals surface area contributed by atoms with Crippen molar-refractivity contribution in [3.05, 3.63) is 0 Å². The van der Waals surface area contributed by atoms with Crippen molar-refractivity contribution in [2.24, 2.45) is 5.41 Å². The second-order valence-electron chi connectivity index (χ2n) is 6.73. The Labute approximate surface area is 121 Å². The standard InChI is InChI=1S/C15H28N2O3/c1-15(2,3)12(18)9-10-16-13(19)14(20)17-11-7-5-4-6-8-11/h11-12,18H,4-10H2,1-3H3,(H,16,19)(H,17,20). The van der Waals surface area contributed by atoms with Crippen LogP contribution >= 0.6 is 0 Å². The first-order chi connectivity index (χ1) is 9.30. The number of aliphatic hydroxyl groups excluding tert-OH is 1. The van der Waals surface area contributed by atoms with Gasteiger partial charge in [-0.1, -0.05) is 40.0 Å². The number of amides is 2. The minimum Gasteiger partial charge on any atom is -0.393 e. The highest BCUT2D eigenvalue weighted by atomic mass is 16.3. The van der Waals surface area contributed by atoms with Crippen molar-refractivity contribution in [2.45, 2.75) is 71.4 Å². The van der Waals surface area contributed by atoms with Crippen molar-refractivity contribution in [1.29, 1.82) is 0 Å². The highest BCUT2D eigenvalue weighted by Crippen LogP contribution is 2.21. The van der Waals surface area contributed by atoms with Crippen molar-refractivity contribution in [3.63, 3.8) is 0 Å². The molecule has 0 heterocycles. The van der Waals surface area contributed by atoms with Gasteiger partial charge in [-0.3, -0.25) is 9.59 Å². The molecule has 2 amide bonds. The van der Waals surface area contributed by atoms with Gasteiger partial charge in [-0.2, -0.15) is 0 Å². The van der Waals surface area contributed by atoms with Crippen molar-refractivity contribution in [3.8, 4) is 0 Å². The van der Waals surface area contributed by atoms with E-state index in [1.165, 1.54) is 6.42 Å².